The van der Waals surface area contributed by atoms with E-state index in [-0.39, 0.29) is 5.91 Å². The molecule has 132 valence electrons. The van der Waals surface area contributed by atoms with Crippen LogP contribution in [0.2, 0.25) is 0 Å². The topological polar surface area (TPSA) is 71.9 Å². The molecular formula is C19H19N5OS. The van der Waals surface area contributed by atoms with Crippen LogP contribution >= 0.6 is 11.3 Å². The van der Waals surface area contributed by atoms with E-state index < -0.39 is 0 Å². The Balaban J connectivity index is 1.45. The second-order valence-corrected chi connectivity index (χ2v) is 7.37. The van der Waals surface area contributed by atoms with Gasteiger partial charge in [-0.05, 0) is 38.0 Å². The summed E-state index contributed by atoms with van der Waals surface area (Å²) in [4.78, 5) is 32.8. The van der Waals surface area contributed by atoms with Gasteiger partial charge in [-0.2, -0.15) is 0 Å². The van der Waals surface area contributed by atoms with Gasteiger partial charge in [-0.1, -0.05) is 6.07 Å². The SMILES string of the molecule is Cc1nc(C2CCN(C(=O)c3ccccn3)CC2)sc1-c1ccncn1. The van der Waals surface area contributed by atoms with Crippen molar-refractivity contribution in [1.82, 2.24) is 24.8 Å². The van der Waals surface area contributed by atoms with Crippen molar-refractivity contribution in [3.63, 3.8) is 0 Å². The molecule has 0 radical (unpaired) electrons. The molecule has 1 aliphatic heterocycles. The fraction of sp³-hybridized carbons (Fsp3) is 0.316. The summed E-state index contributed by atoms with van der Waals surface area (Å²) in [5.74, 6) is 0.406. The average Bonchev–Trinajstić information content (AvgIpc) is 3.10. The summed E-state index contributed by atoms with van der Waals surface area (Å²) in [6.07, 6.45) is 6.83. The maximum atomic E-state index is 12.5. The minimum Gasteiger partial charge on any atom is -0.337 e. The number of aryl methyl sites for hydroxylation is 1. The number of carbonyl (C=O) groups excluding carboxylic acids is 1. The Labute approximate surface area is 156 Å². The first kappa shape index (κ1) is 16.8. The highest BCUT2D eigenvalue weighted by Crippen LogP contribution is 2.36. The molecule has 1 fully saturated rings. The third-order valence-electron chi connectivity index (χ3n) is 4.64. The van der Waals surface area contributed by atoms with Crippen LogP contribution in [0.1, 0.15) is 39.9 Å². The summed E-state index contributed by atoms with van der Waals surface area (Å²) in [5.41, 5.74) is 2.45. The Morgan fingerprint density at radius 3 is 2.69 bits per heavy atom. The van der Waals surface area contributed by atoms with Crippen LogP contribution in [0.25, 0.3) is 10.6 Å². The second-order valence-electron chi connectivity index (χ2n) is 6.34. The highest BCUT2D eigenvalue weighted by molar-refractivity contribution is 7.15. The van der Waals surface area contributed by atoms with E-state index in [9.17, 15) is 4.79 Å². The predicted molar refractivity (Wildman–Crippen MR) is 100.0 cm³/mol. The van der Waals surface area contributed by atoms with E-state index in [0.717, 1.165) is 47.2 Å². The Morgan fingerprint density at radius 1 is 1.15 bits per heavy atom. The zero-order valence-corrected chi connectivity index (χ0v) is 15.3. The molecule has 6 nitrogen and oxygen atoms in total. The quantitative estimate of drug-likeness (QED) is 0.712. The Kier molecular flexibility index (Phi) is 4.71. The Bertz CT molecular complexity index is 889. The third kappa shape index (κ3) is 3.35. The highest BCUT2D eigenvalue weighted by atomic mass is 32.1. The predicted octanol–water partition coefficient (Wildman–Crippen LogP) is 3.32. The molecule has 3 aromatic heterocycles. The molecule has 0 atom stereocenters. The number of amides is 1. The van der Waals surface area contributed by atoms with Crippen molar-refractivity contribution in [3.8, 4) is 10.6 Å². The lowest BCUT2D eigenvalue weighted by molar-refractivity contribution is 0.0707. The van der Waals surface area contributed by atoms with E-state index in [1.807, 2.05) is 30.0 Å². The van der Waals surface area contributed by atoms with Crippen LogP contribution in [0.4, 0.5) is 0 Å². The van der Waals surface area contributed by atoms with Crippen molar-refractivity contribution in [2.45, 2.75) is 25.7 Å². The van der Waals surface area contributed by atoms with Gasteiger partial charge in [-0.25, -0.2) is 15.0 Å². The fourth-order valence-electron chi connectivity index (χ4n) is 3.24. The molecule has 0 N–H and O–H groups in total. The maximum Gasteiger partial charge on any atom is 0.272 e. The minimum absolute atomic E-state index is 0.0149. The molecule has 1 amide bonds. The number of likely N-dealkylation sites (tertiary alicyclic amines) is 1. The maximum absolute atomic E-state index is 12.5. The van der Waals surface area contributed by atoms with Gasteiger partial charge < -0.3 is 4.90 Å². The molecule has 0 bridgehead atoms. The molecule has 0 unspecified atom stereocenters. The average molecular weight is 365 g/mol. The van der Waals surface area contributed by atoms with Gasteiger partial charge in [-0.3, -0.25) is 9.78 Å². The van der Waals surface area contributed by atoms with Gasteiger partial charge in [0.05, 0.1) is 21.3 Å². The van der Waals surface area contributed by atoms with Gasteiger partial charge in [-0.15, -0.1) is 11.3 Å². The van der Waals surface area contributed by atoms with Gasteiger partial charge in [0.25, 0.3) is 5.91 Å². The van der Waals surface area contributed by atoms with Crippen LogP contribution in [-0.4, -0.2) is 43.8 Å². The second kappa shape index (κ2) is 7.29. The number of hydrogen-bond donors (Lipinski definition) is 0. The molecule has 1 aliphatic rings. The van der Waals surface area contributed by atoms with E-state index >= 15 is 0 Å². The number of nitrogens with zero attached hydrogens (tertiary/aromatic N) is 5. The standard InChI is InChI=1S/C19H19N5OS/c1-13-17(15-5-9-20-12-22-15)26-18(23-13)14-6-10-24(11-7-14)19(25)16-4-2-3-8-21-16/h2-5,8-9,12,14H,6-7,10-11H2,1H3. The molecule has 26 heavy (non-hydrogen) atoms. The number of hydrogen-bond acceptors (Lipinski definition) is 6. The number of pyridine rings is 1. The van der Waals surface area contributed by atoms with Gasteiger partial charge in [0.1, 0.15) is 12.0 Å². The van der Waals surface area contributed by atoms with E-state index in [4.69, 9.17) is 4.98 Å². The summed E-state index contributed by atoms with van der Waals surface area (Å²) in [6.45, 7) is 3.50. The molecule has 3 aromatic rings. The van der Waals surface area contributed by atoms with Crippen LogP contribution in [-0.2, 0) is 0 Å². The van der Waals surface area contributed by atoms with Crippen LogP contribution in [0.3, 0.4) is 0 Å². The normalized spacial score (nSPS) is 15.2. The smallest absolute Gasteiger partial charge is 0.272 e. The highest BCUT2D eigenvalue weighted by Gasteiger charge is 2.27. The molecule has 0 saturated carbocycles. The summed E-state index contributed by atoms with van der Waals surface area (Å²) in [6, 6.07) is 7.36. The lowest BCUT2D eigenvalue weighted by Gasteiger charge is -2.30. The lowest BCUT2D eigenvalue weighted by atomic mass is 9.97. The largest absolute Gasteiger partial charge is 0.337 e. The van der Waals surface area contributed by atoms with Crippen molar-refractivity contribution >= 4 is 17.2 Å². The molecule has 0 aromatic carbocycles. The zero-order chi connectivity index (χ0) is 17.9. The number of thiazole rings is 1. The summed E-state index contributed by atoms with van der Waals surface area (Å²) in [7, 11) is 0. The van der Waals surface area contributed by atoms with Crippen molar-refractivity contribution in [1.29, 1.82) is 0 Å². The first-order valence-electron chi connectivity index (χ1n) is 8.66. The number of aromatic nitrogens is 4. The van der Waals surface area contributed by atoms with E-state index in [0.29, 0.717) is 11.6 Å². The monoisotopic (exact) mass is 365 g/mol. The van der Waals surface area contributed by atoms with Gasteiger partial charge in [0.2, 0.25) is 0 Å². The van der Waals surface area contributed by atoms with Gasteiger partial charge in [0.15, 0.2) is 0 Å². The molecule has 1 saturated heterocycles. The molecular weight excluding hydrogens is 346 g/mol. The molecule has 4 rings (SSSR count). The van der Waals surface area contributed by atoms with Crippen molar-refractivity contribution in [2.75, 3.05) is 13.1 Å². The fourth-order valence-corrected chi connectivity index (χ4v) is 4.45. The molecule has 0 spiro atoms. The van der Waals surface area contributed by atoms with Gasteiger partial charge in [0, 0.05) is 31.4 Å². The van der Waals surface area contributed by atoms with Crippen molar-refractivity contribution in [2.24, 2.45) is 0 Å². The van der Waals surface area contributed by atoms with E-state index in [1.165, 1.54) is 0 Å². The molecule has 0 aliphatic carbocycles. The number of carbonyl (C=O) groups is 1. The van der Waals surface area contributed by atoms with E-state index in [1.54, 1.807) is 36.1 Å². The Morgan fingerprint density at radius 2 is 2.00 bits per heavy atom. The Hall–Kier alpha value is -2.67. The van der Waals surface area contributed by atoms with Crippen molar-refractivity contribution < 1.29 is 4.79 Å². The zero-order valence-electron chi connectivity index (χ0n) is 14.5. The van der Waals surface area contributed by atoms with Crippen molar-refractivity contribution in [3.05, 3.63) is 59.4 Å². The van der Waals surface area contributed by atoms with Crippen LogP contribution < -0.4 is 0 Å². The summed E-state index contributed by atoms with van der Waals surface area (Å²) < 4.78 is 0. The molecule has 4 heterocycles. The van der Waals surface area contributed by atoms with Crippen LogP contribution in [0.15, 0.2) is 43.0 Å². The van der Waals surface area contributed by atoms with Crippen LogP contribution in [0, 0.1) is 6.92 Å². The first-order valence-corrected chi connectivity index (χ1v) is 9.48. The number of piperidine rings is 1. The summed E-state index contributed by atoms with van der Waals surface area (Å²) >= 11 is 1.71. The minimum atomic E-state index is 0.0149. The van der Waals surface area contributed by atoms with Gasteiger partial charge >= 0.3 is 0 Å². The van der Waals surface area contributed by atoms with Crippen LogP contribution in [0.5, 0.6) is 0 Å². The number of rotatable bonds is 3. The molecule has 7 heteroatoms. The lowest BCUT2D eigenvalue weighted by Crippen LogP contribution is -2.38. The van der Waals surface area contributed by atoms with E-state index in [2.05, 4.69) is 15.0 Å². The third-order valence-corrected chi connectivity index (χ3v) is 5.99. The summed E-state index contributed by atoms with van der Waals surface area (Å²) in [5, 5.41) is 1.14. The first-order chi connectivity index (χ1) is 12.7.